The zero-order valence-electron chi connectivity index (χ0n) is 10.9. The normalized spacial score (nSPS) is 31.1. The Morgan fingerprint density at radius 1 is 1.17 bits per heavy atom. The molecule has 98 valence electrons. The summed E-state index contributed by atoms with van der Waals surface area (Å²) < 4.78 is 11.2. The van der Waals surface area contributed by atoms with Crippen molar-refractivity contribution in [3.05, 3.63) is 23.8 Å². The van der Waals surface area contributed by atoms with Gasteiger partial charge in [0.2, 0.25) is 0 Å². The summed E-state index contributed by atoms with van der Waals surface area (Å²) in [7, 11) is 0. The third kappa shape index (κ3) is 1.87. The van der Waals surface area contributed by atoms with E-state index in [9.17, 15) is 0 Å². The van der Waals surface area contributed by atoms with Gasteiger partial charge >= 0.3 is 0 Å². The van der Waals surface area contributed by atoms with E-state index in [2.05, 4.69) is 19.1 Å². The van der Waals surface area contributed by atoms with E-state index in [1.165, 1.54) is 24.8 Å². The molecule has 0 aromatic heterocycles. The Hall–Kier alpha value is -1.22. The number of hydrogen-bond acceptors (Lipinski definition) is 3. The van der Waals surface area contributed by atoms with Crippen LogP contribution in [0.2, 0.25) is 0 Å². The van der Waals surface area contributed by atoms with E-state index in [-0.39, 0.29) is 5.54 Å². The predicted octanol–water partition coefficient (Wildman–Crippen LogP) is 2.82. The van der Waals surface area contributed by atoms with Crippen molar-refractivity contribution < 1.29 is 9.47 Å². The molecule has 3 heteroatoms. The summed E-state index contributed by atoms with van der Waals surface area (Å²) >= 11 is 0. The van der Waals surface area contributed by atoms with Crippen molar-refractivity contribution in [1.82, 2.24) is 0 Å². The van der Waals surface area contributed by atoms with Crippen LogP contribution in [0.25, 0.3) is 0 Å². The van der Waals surface area contributed by atoms with Crippen molar-refractivity contribution >= 4 is 0 Å². The summed E-state index contributed by atoms with van der Waals surface area (Å²) in [6, 6.07) is 6.19. The minimum absolute atomic E-state index is 0.200. The van der Waals surface area contributed by atoms with Crippen LogP contribution < -0.4 is 15.2 Å². The van der Waals surface area contributed by atoms with Crippen LogP contribution in [0.15, 0.2) is 18.2 Å². The van der Waals surface area contributed by atoms with Crippen LogP contribution in [0.5, 0.6) is 11.5 Å². The van der Waals surface area contributed by atoms with E-state index >= 15 is 0 Å². The van der Waals surface area contributed by atoms with Gasteiger partial charge < -0.3 is 15.2 Å². The van der Waals surface area contributed by atoms with Gasteiger partial charge in [0.15, 0.2) is 11.5 Å². The summed E-state index contributed by atoms with van der Waals surface area (Å²) in [6.07, 6.45) is 4.79. The highest BCUT2D eigenvalue weighted by Crippen LogP contribution is 2.42. The zero-order valence-corrected chi connectivity index (χ0v) is 10.9. The van der Waals surface area contributed by atoms with Crippen molar-refractivity contribution in [3.8, 4) is 11.5 Å². The van der Waals surface area contributed by atoms with Crippen LogP contribution in [0.1, 0.15) is 38.2 Å². The Labute approximate surface area is 108 Å². The number of hydrogen-bond donors (Lipinski definition) is 1. The molecule has 1 aromatic carbocycles. The minimum Gasteiger partial charge on any atom is -0.486 e. The van der Waals surface area contributed by atoms with Crippen LogP contribution in [-0.2, 0) is 5.54 Å². The molecule has 1 aromatic rings. The Morgan fingerprint density at radius 2 is 1.94 bits per heavy atom. The minimum atomic E-state index is -0.200. The summed E-state index contributed by atoms with van der Waals surface area (Å²) in [4.78, 5) is 0. The van der Waals surface area contributed by atoms with E-state index in [0.29, 0.717) is 19.1 Å². The number of ether oxygens (including phenoxy) is 2. The van der Waals surface area contributed by atoms with Crippen molar-refractivity contribution in [2.24, 2.45) is 11.7 Å². The lowest BCUT2D eigenvalue weighted by atomic mass is 9.70. The summed E-state index contributed by atoms with van der Waals surface area (Å²) in [5, 5.41) is 0. The second-order valence-electron chi connectivity index (χ2n) is 5.55. The van der Waals surface area contributed by atoms with E-state index in [1.807, 2.05) is 6.07 Å². The van der Waals surface area contributed by atoms with Crippen molar-refractivity contribution in [2.75, 3.05) is 13.2 Å². The molecule has 0 spiro atoms. The first-order valence-electron chi connectivity index (χ1n) is 6.89. The predicted molar refractivity (Wildman–Crippen MR) is 70.9 cm³/mol. The maximum absolute atomic E-state index is 6.66. The largest absolute Gasteiger partial charge is 0.486 e. The molecule has 0 saturated heterocycles. The molecule has 3 rings (SSSR count). The standard InChI is InChI=1S/C15H21NO2/c1-11-4-2-3-7-15(11,16)12-5-6-13-14(10-12)18-9-8-17-13/h5-6,10-11H,2-4,7-9,16H2,1H3. The lowest BCUT2D eigenvalue weighted by molar-refractivity contribution is 0.168. The molecule has 1 fully saturated rings. The van der Waals surface area contributed by atoms with Gasteiger partial charge in [0.25, 0.3) is 0 Å². The van der Waals surface area contributed by atoms with Crippen molar-refractivity contribution in [1.29, 1.82) is 0 Å². The van der Waals surface area contributed by atoms with Gasteiger partial charge in [-0.3, -0.25) is 0 Å². The van der Waals surface area contributed by atoms with E-state index in [0.717, 1.165) is 17.9 Å². The molecule has 0 amide bonds. The van der Waals surface area contributed by atoms with Crippen LogP contribution >= 0.6 is 0 Å². The molecule has 2 aliphatic rings. The molecule has 3 nitrogen and oxygen atoms in total. The fraction of sp³-hybridized carbons (Fsp3) is 0.600. The molecule has 2 atom stereocenters. The molecular weight excluding hydrogens is 226 g/mol. The maximum atomic E-state index is 6.66. The topological polar surface area (TPSA) is 44.5 Å². The van der Waals surface area contributed by atoms with Crippen LogP contribution in [0.4, 0.5) is 0 Å². The van der Waals surface area contributed by atoms with Crippen molar-refractivity contribution in [2.45, 2.75) is 38.1 Å². The number of nitrogens with two attached hydrogens (primary N) is 1. The van der Waals surface area contributed by atoms with Gasteiger partial charge in [-0.05, 0) is 36.5 Å². The Morgan fingerprint density at radius 3 is 2.72 bits per heavy atom. The van der Waals surface area contributed by atoms with Crippen LogP contribution in [0, 0.1) is 5.92 Å². The second-order valence-corrected chi connectivity index (χ2v) is 5.55. The summed E-state index contributed by atoms with van der Waals surface area (Å²) in [5.74, 6) is 2.22. The fourth-order valence-corrected chi connectivity index (χ4v) is 3.13. The highest BCUT2D eigenvalue weighted by molar-refractivity contribution is 5.46. The van der Waals surface area contributed by atoms with E-state index in [4.69, 9.17) is 15.2 Å². The van der Waals surface area contributed by atoms with E-state index < -0.39 is 0 Å². The quantitative estimate of drug-likeness (QED) is 0.830. The number of benzene rings is 1. The Kier molecular flexibility index (Phi) is 2.94. The summed E-state index contributed by atoms with van der Waals surface area (Å²) in [6.45, 7) is 3.52. The molecule has 18 heavy (non-hydrogen) atoms. The maximum Gasteiger partial charge on any atom is 0.161 e. The highest BCUT2D eigenvalue weighted by Gasteiger charge is 2.36. The molecule has 0 radical (unpaired) electrons. The summed E-state index contributed by atoms with van der Waals surface area (Å²) in [5.41, 5.74) is 7.65. The Bertz CT molecular complexity index is 446. The van der Waals surface area contributed by atoms with Gasteiger partial charge in [-0.1, -0.05) is 25.8 Å². The lowest BCUT2D eigenvalue weighted by Crippen LogP contribution is -2.45. The molecule has 1 aliphatic heterocycles. The average Bonchev–Trinajstić information content (AvgIpc) is 2.42. The van der Waals surface area contributed by atoms with Gasteiger partial charge in [-0.2, -0.15) is 0 Å². The monoisotopic (exact) mass is 247 g/mol. The third-order valence-electron chi connectivity index (χ3n) is 4.44. The first kappa shape index (κ1) is 11.8. The zero-order chi connectivity index (χ0) is 12.6. The lowest BCUT2D eigenvalue weighted by Gasteiger charge is -2.40. The van der Waals surface area contributed by atoms with Gasteiger partial charge in [-0.25, -0.2) is 0 Å². The molecule has 2 unspecified atom stereocenters. The Balaban J connectivity index is 1.95. The molecular formula is C15H21NO2. The molecule has 1 heterocycles. The molecule has 2 N–H and O–H groups in total. The SMILES string of the molecule is CC1CCCCC1(N)c1ccc2c(c1)OCCO2. The van der Waals surface area contributed by atoms with Gasteiger partial charge in [0.05, 0.1) is 0 Å². The van der Waals surface area contributed by atoms with E-state index in [1.54, 1.807) is 0 Å². The number of rotatable bonds is 1. The van der Waals surface area contributed by atoms with Gasteiger partial charge in [0, 0.05) is 5.54 Å². The van der Waals surface area contributed by atoms with Crippen molar-refractivity contribution in [3.63, 3.8) is 0 Å². The second kappa shape index (κ2) is 4.47. The van der Waals surface area contributed by atoms with Crippen LogP contribution in [-0.4, -0.2) is 13.2 Å². The van der Waals surface area contributed by atoms with Gasteiger partial charge in [0.1, 0.15) is 13.2 Å². The fourth-order valence-electron chi connectivity index (χ4n) is 3.13. The van der Waals surface area contributed by atoms with Crippen LogP contribution in [0.3, 0.4) is 0 Å². The smallest absolute Gasteiger partial charge is 0.161 e. The molecule has 1 aliphatic carbocycles. The molecule has 1 saturated carbocycles. The highest BCUT2D eigenvalue weighted by atomic mass is 16.6. The number of fused-ring (bicyclic) bond motifs is 1. The van der Waals surface area contributed by atoms with Gasteiger partial charge in [-0.15, -0.1) is 0 Å². The first-order valence-corrected chi connectivity index (χ1v) is 6.89. The third-order valence-corrected chi connectivity index (χ3v) is 4.44. The molecule has 0 bridgehead atoms. The average molecular weight is 247 g/mol. The first-order chi connectivity index (χ1) is 8.70.